The van der Waals surface area contributed by atoms with Crippen LogP contribution in [0, 0.1) is 11.8 Å². The number of nitrogens with zero attached hydrogens (tertiary/aromatic N) is 2. The van der Waals surface area contributed by atoms with Crippen LogP contribution in [0.25, 0.3) is 0 Å². The molecule has 19 heavy (non-hydrogen) atoms. The van der Waals surface area contributed by atoms with Crippen molar-refractivity contribution in [2.45, 2.75) is 52.6 Å². The fraction of sp³-hybridized carbons (Fsp3) is 0.714. The Morgan fingerprint density at radius 3 is 2.74 bits per heavy atom. The van der Waals surface area contributed by atoms with E-state index in [0.29, 0.717) is 22.4 Å². The van der Waals surface area contributed by atoms with E-state index in [1.807, 2.05) is 0 Å². The highest BCUT2D eigenvalue weighted by atomic mass is 79.9. The number of anilines is 1. The predicted octanol–water partition coefficient (Wildman–Crippen LogP) is 3.26. The summed E-state index contributed by atoms with van der Waals surface area (Å²) >= 11 is 3.41. The minimum Gasteiger partial charge on any atom is -0.380 e. The van der Waals surface area contributed by atoms with Crippen LogP contribution in [0.1, 0.15) is 40.0 Å². The van der Waals surface area contributed by atoms with Gasteiger partial charge < -0.3 is 5.32 Å². The van der Waals surface area contributed by atoms with Crippen LogP contribution >= 0.6 is 15.9 Å². The predicted molar refractivity (Wildman–Crippen MR) is 81.5 cm³/mol. The van der Waals surface area contributed by atoms with Crippen LogP contribution in [0.4, 0.5) is 5.69 Å². The Morgan fingerprint density at radius 1 is 1.53 bits per heavy atom. The highest BCUT2D eigenvalue weighted by molar-refractivity contribution is 9.10. The fourth-order valence-corrected chi connectivity index (χ4v) is 2.60. The Labute approximate surface area is 122 Å². The molecule has 1 aromatic rings. The number of halogens is 1. The van der Waals surface area contributed by atoms with Gasteiger partial charge >= 0.3 is 0 Å². The summed E-state index contributed by atoms with van der Waals surface area (Å²) in [6.45, 7) is 7.25. The lowest BCUT2D eigenvalue weighted by Gasteiger charge is -2.22. The molecule has 1 aliphatic rings. The van der Waals surface area contributed by atoms with Gasteiger partial charge in [-0.2, -0.15) is 5.10 Å². The van der Waals surface area contributed by atoms with E-state index >= 15 is 0 Å². The lowest BCUT2D eigenvalue weighted by molar-refractivity contribution is 0.506. The zero-order valence-electron chi connectivity index (χ0n) is 11.8. The van der Waals surface area contributed by atoms with Gasteiger partial charge in [0.2, 0.25) is 0 Å². The van der Waals surface area contributed by atoms with Gasteiger partial charge in [0.25, 0.3) is 5.56 Å². The maximum atomic E-state index is 12.2. The molecular formula is C14H22BrN3O. The summed E-state index contributed by atoms with van der Waals surface area (Å²) in [5.41, 5.74) is 0.771. The third-order valence-electron chi connectivity index (χ3n) is 3.70. The van der Waals surface area contributed by atoms with Crippen molar-refractivity contribution in [3.63, 3.8) is 0 Å². The Balaban J connectivity index is 2.17. The zero-order valence-corrected chi connectivity index (χ0v) is 13.4. The molecule has 1 aliphatic carbocycles. The molecule has 0 aromatic carbocycles. The first kappa shape index (κ1) is 14.6. The van der Waals surface area contributed by atoms with Crippen molar-refractivity contribution in [3.05, 3.63) is 21.0 Å². The van der Waals surface area contributed by atoms with Crippen molar-refractivity contribution in [2.24, 2.45) is 11.8 Å². The normalized spacial score (nSPS) is 16.7. The molecular weight excluding hydrogens is 306 g/mol. The van der Waals surface area contributed by atoms with E-state index in [2.05, 4.69) is 47.1 Å². The summed E-state index contributed by atoms with van der Waals surface area (Å²) in [7, 11) is 0. The summed E-state index contributed by atoms with van der Waals surface area (Å²) in [6.07, 6.45) is 5.22. The molecule has 4 nitrogen and oxygen atoms in total. The van der Waals surface area contributed by atoms with Crippen molar-refractivity contribution in [1.82, 2.24) is 9.78 Å². The number of hydrogen-bond acceptors (Lipinski definition) is 3. The summed E-state index contributed by atoms with van der Waals surface area (Å²) < 4.78 is 2.17. The van der Waals surface area contributed by atoms with Crippen molar-refractivity contribution < 1.29 is 0 Å². The van der Waals surface area contributed by atoms with Crippen LogP contribution < -0.4 is 10.9 Å². The molecule has 1 atom stereocenters. The SMILES string of the molecule is CCC(Nc1cnn(CC2CC2)c(=O)c1Br)C(C)C. The third kappa shape index (κ3) is 3.59. The molecule has 2 rings (SSSR count). The first-order chi connectivity index (χ1) is 9.02. The second-order valence-electron chi connectivity index (χ2n) is 5.71. The fourth-order valence-electron chi connectivity index (χ4n) is 2.18. The van der Waals surface area contributed by atoms with E-state index in [1.165, 1.54) is 12.8 Å². The molecule has 1 aromatic heterocycles. The van der Waals surface area contributed by atoms with Crippen molar-refractivity contribution in [1.29, 1.82) is 0 Å². The maximum absolute atomic E-state index is 12.2. The van der Waals surface area contributed by atoms with Crippen LogP contribution in [0.3, 0.4) is 0 Å². The van der Waals surface area contributed by atoms with Crippen LogP contribution in [0.15, 0.2) is 15.5 Å². The van der Waals surface area contributed by atoms with E-state index < -0.39 is 0 Å². The first-order valence-electron chi connectivity index (χ1n) is 7.05. The number of hydrogen-bond donors (Lipinski definition) is 1. The standard InChI is InChI=1S/C14H22BrN3O/c1-4-11(9(2)3)17-12-7-16-18(8-10-5-6-10)14(19)13(12)15/h7,9-11,17H,4-6,8H2,1-3H3. The van der Waals surface area contributed by atoms with E-state index in [-0.39, 0.29) is 5.56 Å². The van der Waals surface area contributed by atoms with Gasteiger partial charge in [0.05, 0.1) is 11.9 Å². The van der Waals surface area contributed by atoms with Gasteiger partial charge in [-0.05, 0) is 47.0 Å². The molecule has 1 heterocycles. The van der Waals surface area contributed by atoms with Gasteiger partial charge in [-0.15, -0.1) is 0 Å². The Morgan fingerprint density at radius 2 is 2.21 bits per heavy atom. The van der Waals surface area contributed by atoms with Gasteiger partial charge in [-0.25, -0.2) is 4.68 Å². The van der Waals surface area contributed by atoms with Gasteiger partial charge in [0.15, 0.2) is 0 Å². The largest absolute Gasteiger partial charge is 0.380 e. The highest BCUT2D eigenvalue weighted by Gasteiger charge is 2.23. The highest BCUT2D eigenvalue weighted by Crippen LogP contribution is 2.30. The van der Waals surface area contributed by atoms with Gasteiger partial charge in [-0.3, -0.25) is 4.79 Å². The smallest absolute Gasteiger partial charge is 0.283 e. The molecule has 0 aliphatic heterocycles. The Hall–Kier alpha value is -0.840. The molecule has 5 heteroatoms. The van der Waals surface area contributed by atoms with Crippen molar-refractivity contribution >= 4 is 21.6 Å². The second-order valence-corrected chi connectivity index (χ2v) is 6.50. The number of aromatic nitrogens is 2. The van der Waals surface area contributed by atoms with Gasteiger partial charge in [-0.1, -0.05) is 20.8 Å². The summed E-state index contributed by atoms with van der Waals surface area (Å²) in [5.74, 6) is 1.17. The third-order valence-corrected chi connectivity index (χ3v) is 4.46. The van der Waals surface area contributed by atoms with Gasteiger partial charge in [0, 0.05) is 12.6 Å². The summed E-state index contributed by atoms with van der Waals surface area (Å²) in [6, 6.07) is 0.358. The van der Waals surface area contributed by atoms with E-state index in [0.717, 1.165) is 18.7 Å². The average molecular weight is 328 g/mol. The second kappa shape index (κ2) is 6.07. The maximum Gasteiger partial charge on any atom is 0.283 e. The number of nitrogens with one attached hydrogen (secondary N) is 1. The molecule has 1 fully saturated rings. The van der Waals surface area contributed by atoms with Crippen molar-refractivity contribution in [3.8, 4) is 0 Å². The minimum absolute atomic E-state index is 0.0319. The van der Waals surface area contributed by atoms with Gasteiger partial charge in [0.1, 0.15) is 4.47 Å². The minimum atomic E-state index is -0.0319. The molecule has 0 saturated heterocycles. The molecule has 0 spiro atoms. The Kier molecular flexibility index (Phi) is 4.66. The molecule has 1 unspecified atom stereocenters. The molecule has 1 saturated carbocycles. The van der Waals surface area contributed by atoms with E-state index in [1.54, 1.807) is 10.9 Å². The van der Waals surface area contributed by atoms with Crippen LogP contribution in [-0.2, 0) is 6.54 Å². The molecule has 0 bridgehead atoms. The Bertz CT molecular complexity index is 494. The van der Waals surface area contributed by atoms with Crippen LogP contribution in [0.2, 0.25) is 0 Å². The summed E-state index contributed by atoms with van der Waals surface area (Å²) in [5, 5.41) is 7.69. The molecule has 0 amide bonds. The van der Waals surface area contributed by atoms with Crippen LogP contribution in [-0.4, -0.2) is 15.8 Å². The molecule has 1 N–H and O–H groups in total. The lowest BCUT2D eigenvalue weighted by Crippen LogP contribution is -2.29. The average Bonchev–Trinajstić information content (AvgIpc) is 3.18. The van der Waals surface area contributed by atoms with E-state index in [9.17, 15) is 4.79 Å². The monoisotopic (exact) mass is 327 g/mol. The molecule has 106 valence electrons. The lowest BCUT2D eigenvalue weighted by atomic mass is 10.0. The summed E-state index contributed by atoms with van der Waals surface area (Å²) in [4.78, 5) is 12.2. The van der Waals surface area contributed by atoms with E-state index in [4.69, 9.17) is 0 Å². The molecule has 0 radical (unpaired) electrons. The quantitative estimate of drug-likeness (QED) is 0.872. The zero-order chi connectivity index (χ0) is 14.0. The number of rotatable bonds is 6. The first-order valence-corrected chi connectivity index (χ1v) is 7.84. The van der Waals surface area contributed by atoms with Crippen molar-refractivity contribution in [2.75, 3.05) is 5.32 Å². The van der Waals surface area contributed by atoms with Crippen LogP contribution in [0.5, 0.6) is 0 Å². The topological polar surface area (TPSA) is 46.9 Å².